The zero-order valence-electron chi connectivity index (χ0n) is 13.2. The summed E-state index contributed by atoms with van der Waals surface area (Å²) in [4.78, 5) is 10.9. The standard InChI is InChI=1S/C14H27N5O/c1-6-11-17-13(16-7-8-19(4)5)12(15)14(18-11)20-9-10(2)3/h10H,6-9,15H2,1-5H3,(H,16,17,18). The number of aromatic nitrogens is 2. The summed E-state index contributed by atoms with van der Waals surface area (Å²) in [5, 5.41) is 3.25. The van der Waals surface area contributed by atoms with Crippen molar-refractivity contribution in [3.63, 3.8) is 0 Å². The fraction of sp³-hybridized carbons (Fsp3) is 0.714. The maximum Gasteiger partial charge on any atom is 0.242 e. The fourth-order valence-electron chi connectivity index (χ4n) is 1.54. The van der Waals surface area contributed by atoms with Gasteiger partial charge in [0.25, 0.3) is 0 Å². The highest BCUT2D eigenvalue weighted by molar-refractivity contribution is 5.66. The van der Waals surface area contributed by atoms with Crippen molar-refractivity contribution < 1.29 is 4.74 Å². The second kappa shape index (κ2) is 7.89. The zero-order chi connectivity index (χ0) is 15.1. The van der Waals surface area contributed by atoms with E-state index in [0.717, 1.165) is 25.3 Å². The summed E-state index contributed by atoms with van der Waals surface area (Å²) in [5.41, 5.74) is 6.57. The normalized spacial score (nSPS) is 11.2. The van der Waals surface area contributed by atoms with Gasteiger partial charge in [-0.3, -0.25) is 0 Å². The Morgan fingerprint density at radius 2 is 2.00 bits per heavy atom. The molecule has 3 N–H and O–H groups in total. The van der Waals surface area contributed by atoms with Crippen LogP contribution in [0, 0.1) is 5.92 Å². The Bertz CT molecular complexity index is 420. The Balaban J connectivity index is 2.83. The maximum atomic E-state index is 6.08. The Morgan fingerprint density at radius 1 is 1.30 bits per heavy atom. The summed E-state index contributed by atoms with van der Waals surface area (Å²) >= 11 is 0. The van der Waals surface area contributed by atoms with E-state index in [4.69, 9.17) is 10.5 Å². The average molecular weight is 281 g/mol. The van der Waals surface area contributed by atoms with Gasteiger partial charge in [-0.1, -0.05) is 20.8 Å². The molecule has 0 saturated carbocycles. The highest BCUT2D eigenvalue weighted by Crippen LogP contribution is 2.26. The number of nitrogen functional groups attached to an aromatic ring is 1. The van der Waals surface area contributed by atoms with Crippen molar-refractivity contribution in [3.8, 4) is 5.88 Å². The first kappa shape index (κ1) is 16.5. The van der Waals surface area contributed by atoms with Crippen LogP contribution in [0.5, 0.6) is 5.88 Å². The molecule has 0 aliphatic rings. The van der Waals surface area contributed by atoms with Crippen molar-refractivity contribution in [3.05, 3.63) is 5.82 Å². The zero-order valence-corrected chi connectivity index (χ0v) is 13.2. The molecule has 1 aromatic heterocycles. The van der Waals surface area contributed by atoms with E-state index in [1.165, 1.54) is 0 Å². The largest absolute Gasteiger partial charge is 0.476 e. The van der Waals surface area contributed by atoms with E-state index in [1.54, 1.807) is 0 Å². The van der Waals surface area contributed by atoms with Crippen molar-refractivity contribution in [2.45, 2.75) is 27.2 Å². The third kappa shape index (κ3) is 5.21. The lowest BCUT2D eigenvalue weighted by molar-refractivity contribution is 0.262. The third-order valence-electron chi connectivity index (χ3n) is 2.68. The molecule has 0 atom stereocenters. The van der Waals surface area contributed by atoms with Crippen molar-refractivity contribution in [2.75, 3.05) is 44.8 Å². The van der Waals surface area contributed by atoms with Gasteiger partial charge in [-0.05, 0) is 20.0 Å². The molecular formula is C14H27N5O. The second-order valence-electron chi connectivity index (χ2n) is 5.50. The van der Waals surface area contributed by atoms with Gasteiger partial charge >= 0.3 is 0 Å². The smallest absolute Gasteiger partial charge is 0.242 e. The Kier molecular flexibility index (Phi) is 6.51. The van der Waals surface area contributed by atoms with Crippen LogP contribution < -0.4 is 15.8 Å². The number of likely N-dealkylation sites (N-methyl/N-ethyl adjacent to an activating group) is 1. The monoisotopic (exact) mass is 281 g/mol. The van der Waals surface area contributed by atoms with Crippen molar-refractivity contribution in [2.24, 2.45) is 5.92 Å². The molecule has 1 rings (SSSR count). The molecule has 0 aliphatic carbocycles. The highest BCUT2D eigenvalue weighted by atomic mass is 16.5. The van der Waals surface area contributed by atoms with Gasteiger partial charge in [0.1, 0.15) is 11.5 Å². The van der Waals surface area contributed by atoms with Gasteiger partial charge in [-0.25, -0.2) is 4.98 Å². The molecule has 0 amide bonds. The van der Waals surface area contributed by atoms with Gasteiger partial charge in [0, 0.05) is 19.5 Å². The van der Waals surface area contributed by atoms with E-state index < -0.39 is 0 Å². The molecule has 0 bridgehead atoms. The van der Waals surface area contributed by atoms with Gasteiger partial charge in [0.2, 0.25) is 5.88 Å². The summed E-state index contributed by atoms with van der Waals surface area (Å²) in [6.07, 6.45) is 0.751. The van der Waals surface area contributed by atoms with Gasteiger partial charge in [-0.2, -0.15) is 4.98 Å². The lowest BCUT2D eigenvalue weighted by Gasteiger charge is -2.16. The summed E-state index contributed by atoms with van der Waals surface area (Å²) in [6, 6.07) is 0. The van der Waals surface area contributed by atoms with Crippen LogP contribution in [0.2, 0.25) is 0 Å². The van der Waals surface area contributed by atoms with Crippen LogP contribution in [0.25, 0.3) is 0 Å². The van der Waals surface area contributed by atoms with Crippen LogP contribution in [0.1, 0.15) is 26.6 Å². The lowest BCUT2D eigenvalue weighted by Crippen LogP contribution is -2.22. The van der Waals surface area contributed by atoms with E-state index in [-0.39, 0.29) is 0 Å². The number of nitrogens with two attached hydrogens (primary N) is 1. The summed E-state index contributed by atoms with van der Waals surface area (Å²) in [7, 11) is 4.05. The summed E-state index contributed by atoms with van der Waals surface area (Å²) < 4.78 is 5.68. The molecule has 0 radical (unpaired) electrons. The highest BCUT2D eigenvalue weighted by Gasteiger charge is 2.12. The van der Waals surface area contributed by atoms with E-state index in [1.807, 2.05) is 21.0 Å². The van der Waals surface area contributed by atoms with Gasteiger partial charge < -0.3 is 20.7 Å². The predicted molar refractivity (Wildman–Crippen MR) is 83.2 cm³/mol. The molecule has 1 aromatic rings. The van der Waals surface area contributed by atoms with Crippen LogP contribution in [0.4, 0.5) is 11.5 Å². The topological polar surface area (TPSA) is 76.3 Å². The molecule has 114 valence electrons. The van der Waals surface area contributed by atoms with E-state index in [2.05, 4.69) is 34.0 Å². The van der Waals surface area contributed by atoms with E-state index >= 15 is 0 Å². The summed E-state index contributed by atoms with van der Waals surface area (Å²) in [6.45, 7) is 8.49. The van der Waals surface area contributed by atoms with Gasteiger partial charge in [0.05, 0.1) is 6.61 Å². The number of rotatable bonds is 8. The minimum atomic E-state index is 0.430. The summed E-state index contributed by atoms with van der Waals surface area (Å²) in [5.74, 6) is 2.32. The van der Waals surface area contributed by atoms with Crippen LogP contribution in [0.15, 0.2) is 0 Å². The Hall–Kier alpha value is -1.56. The van der Waals surface area contributed by atoms with Crippen LogP contribution >= 0.6 is 0 Å². The number of aryl methyl sites for hydroxylation is 1. The SMILES string of the molecule is CCc1nc(NCCN(C)C)c(N)c(OCC(C)C)n1. The van der Waals surface area contributed by atoms with Crippen molar-refractivity contribution in [1.82, 2.24) is 14.9 Å². The molecule has 1 heterocycles. The first-order chi connectivity index (χ1) is 9.43. The molecular weight excluding hydrogens is 254 g/mol. The first-order valence-electron chi connectivity index (χ1n) is 7.11. The fourth-order valence-corrected chi connectivity index (χ4v) is 1.54. The molecule has 0 aromatic carbocycles. The lowest BCUT2D eigenvalue weighted by atomic mass is 10.2. The maximum absolute atomic E-state index is 6.08. The molecule has 20 heavy (non-hydrogen) atoms. The van der Waals surface area contributed by atoms with Gasteiger partial charge in [0.15, 0.2) is 5.82 Å². The van der Waals surface area contributed by atoms with Crippen LogP contribution in [-0.2, 0) is 6.42 Å². The second-order valence-corrected chi connectivity index (χ2v) is 5.50. The number of ether oxygens (including phenoxy) is 1. The molecule has 0 spiro atoms. The predicted octanol–water partition coefficient (Wildman–Crippen LogP) is 1.63. The molecule has 6 heteroatoms. The van der Waals surface area contributed by atoms with E-state index in [9.17, 15) is 0 Å². The average Bonchev–Trinajstić information content (AvgIpc) is 2.38. The Morgan fingerprint density at radius 3 is 2.55 bits per heavy atom. The van der Waals surface area contributed by atoms with Crippen molar-refractivity contribution in [1.29, 1.82) is 0 Å². The third-order valence-corrected chi connectivity index (χ3v) is 2.68. The minimum Gasteiger partial charge on any atom is -0.476 e. The number of nitrogens with zero attached hydrogens (tertiary/aromatic N) is 3. The van der Waals surface area contributed by atoms with Crippen molar-refractivity contribution >= 4 is 11.5 Å². The number of nitrogens with one attached hydrogen (secondary N) is 1. The van der Waals surface area contributed by atoms with E-state index in [0.29, 0.717) is 29.9 Å². The number of hydrogen-bond acceptors (Lipinski definition) is 6. The first-order valence-corrected chi connectivity index (χ1v) is 7.11. The molecule has 0 unspecified atom stereocenters. The van der Waals surface area contributed by atoms with Crippen LogP contribution in [-0.4, -0.2) is 48.7 Å². The Labute approximate surface area is 121 Å². The van der Waals surface area contributed by atoms with Gasteiger partial charge in [-0.15, -0.1) is 0 Å². The quantitative estimate of drug-likeness (QED) is 0.754. The molecule has 0 saturated heterocycles. The number of hydrogen-bond donors (Lipinski definition) is 2. The number of anilines is 2. The minimum absolute atomic E-state index is 0.430. The molecule has 0 fully saturated rings. The molecule has 6 nitrogen and oxygen atoms in total. The van der Waals surface area contributed by atoms with Crippen LogP contribution in [0.3, 0.4) is 0 Å². The molecule has 0 aliphatic heterocycles.